The third-order valence-electron chi connectivity index (χ3n) is 7.77. The molecule has 0 bridgehead atoms. The Morgan fingerprint density at radius 3 is 2.27 bits per heavy atom. The van der Waals surface area contributed by atoms with Crippen LogP contribution in [0.4, 0.5) is 15.0 Å². The maximum atomic E-state index is 13.8. The highest BCUT2D eigenvalue weighted by Gasteiger charge is 2.43. The van der Waals surface area contributed by atoms with Gasteiger partial charge in [0.25, 0.3) is 0 Å². The molecular weight excluding hydrogens is 554 g/mol. The number of hydrogen-bond acceptors (Lipinski definition) is 5. The summed E-state index contributed by atoms with van der Waals surface area (Å²) in [6.07, 6.45) is 2.55. The fourth-order valence-corrected chi connectivity index (χ4v) is 5.89. The zero-order valence-electron chi connectivity index (χ0n) is 22.2. The monoisotopic (exact) mass is 584 g/mol. The van der Waals surface area contributed by atoms with Crippen LogP contribution in [0.25, 0.3) is 0 Å². The minimum atomic E-state index is -0.531. The Morgan fingerprint density at radius 1 is 0.975 bits per heavy atom. The first-order chi connectivity index (χ1) is 19.3. The van der Waals surface area contributed by atoms with Gasteiger partial charge in [-0.25, -0.2) is 14.2 Å². The summed E-state index contributed by atoms with van der Waals surface area (Å²) in [5, 5.41) is 1.21. The summed E-state index contributed by atoms with van der Waals surface area (Å²) in [7, 11) is 0. The Labute approximate surface area is 243 Å². The van der Waals surface area contributed by atoms with Gasteiger partial charge in [-0.2, -0.15) is 0 Å². The SMILES string of the molecule is CCN(C(=O)Oc1ccc(F)cc1)[C@@H]1CN(C(=O)C2CCN(c3ccc(Cl)cn3)CC2)C[C@H]1c1ccc(Cl)cc1. The number of hydrogen-bond donors (Lipinski definition) is 0. The number of likely N-dealkylation sites (tertiary alicyclic amines) is 1. The number of amides is 2. The van der Waals surface area contributed by atoms with Gasteiger partial charge in [-0.3, -0.25) is 4.79 Å². The predicted molar refractivity (Wildman–Crippen MR) is 154 cm³/mol. The van der Waals surface area contributed by atoms with Crippen molar-refractivity contribution in [1.29, 1.82) is 0 Å². The van der Waals surface area contributed by atoms with Gasteiger partial charge in [-0.15, -0.1) is 0 Å². The second kappa shape index (κ2) is 12.4. The normalized spacial score (nSPS) is 19.5. The maximum Gasteiger partial charge on any atom is 0.415 e. The number of carbonyl (C=O) groups excluding carboxylic acids is 2. The standard InChI is InChI=1S/C30H31Cl2FN4O3/c1-2-37(30(39)40-25-10-8-24(33)9-11-25)27-19-36(18-26(27)20-3-5-22(31)6-4-20)29(38)21-13-15-35(16-14-21)28-12-7-23(32)17-34-28/h3-12,17,21,26-27H,2,13-16,18-19H2,1H3/t26-,27+/m0/s1. The van der Waals surface area contributed by atoms with Crippen LogP contribution >= 0.6 is 23.2 Å². The van der Waals surface area contributed by atoms with Crippen molar-refractivity contribution in [2.45, 2.75) is 31.7 Å². The zero-order chi connectivity index (χ0) is 28.2. The summed E-state index contributed by atoms with van der Waals surface area (Å²) in [5.74, 6) is 0.608. The van der Waals surface area contributed by atoms with Gasteiger partial charge in [-0.1, -0.05) is 35.3 Å². The number of carbonyl (C=O) groups is 2. The highest BCUT2D eigenvalue weighted by molar-refractivity contribution is 6.30. The van der Waals surface area contributed by atoms with Gasteiger partial charge < -0.3 is 19.4 Å². The first-order valence-electron chi connectivity index (χ1n) is 13.5. The Kier molecular flexibility index (Phi) is 8.76. The fraction of sp³-hybridized carbons (Fsp3) is 0.367. The molecule has 2 aliphatic heterocycles. The van der Waals surface area contributed by atoms with E-state index < -0.39 is 11.9 Å². The van der Waals surface area contributed by atoms with Crippen LogP contribution < -0.4 is 9.64 Å². The minimum Gasteiger partial charge on any atom is -0.410 e. The molecule has 2 saturated heterocycles. The minimum absolute atomic E-state index is 0.102. The highest BCUT2D eigenvalue weighted by atomic mass is 35.5. The molecule has 0 radical (unpaired) electrons. The molecule has 2 amide bonds. The van der Waals surface area contributed by atoms with Crippen LogP contribution in [0.2, 0.25) is 10.0 Å². The molecule has 10 heteroatoms. The van der Waals surface area contributed by atoms with Crippen molar-refractivity contribution in [2.75, 3.05) is 37.6 Å². The second-order valence-electron chi connectivity index (χ2n) is 10.2. The van der Waals surface area contributed by atoms with E-state index in [1.807, 2.05) is 48.2 Å². The van der Waals surface area contributed by atoms with Gasteiger partial charge in [0.2, 0.25) is 5.91 Å². The molecule has 40 heavy (non-hydrogen) atoms. The Bertz CT molecular complexity index is 1320. The number of likely N-dealkylation sites (N-methyl/N-ethyl adjacent to an activating group) is 1. The molecule has 2 aromatic carbocycles. The van der Waals surface area contributed by atoms with E-state index in [2.05, 4.69) is 9.88 Å². The molecule has 0 aliphatic carbocycles. The van der Waals surface area contributed by atoms with Crippen molar-refractivity contribution in [2.24, 2.45) is 5.92 Å². The van der Waals surface area contributed by atoms with Crippen LogP contribution in [-0.2, 0) is 4.79 Å². The van der Waals surface area contributed by atoms with Gasteiger partial charge in [0, 0.05) is 55.8 Å². The average molecular weight is 586 g/mol. The van der Waals surface area contributed by atoms with E-state index in [1.165, 1.54) is 24.3 Å². The first-order valence-corrected chi connectivity index (χ1v) is 14.2. The highest BCUT2D eigenvalue weighted by Crippen LogP contribution is 2.35. The summed E-state index contributed by atoms with van der Waals surface area (Å²) in [6.45, 7) is 4.63. The van der Waals surface area contributed by atoms with Gasteiger partial charge in [0.1, 0.15) is 17.4 Å². The van der Waals surface area contributed by atoms with E-state index in [0.29, 0.717) is 29.7 Å². The number of piperidine rings is 1. The lowest BCUT2D eigenvalue weighted by molar-refractivity contribution is -0.135. The Morgan fingerprint density at radius 2 is 1.65 bits per heavy atom. The molecule has 5 rings (SSSR count). The van der Waals surface area contributed by atoms with Crippen molar-refractivity contribution in [3.63, 3.8) is 0 Å². The summed E-state index contributed by atoms with van der Waals surface area (Å²) >= 11 is 12.1. The molecule has 2 fully saturated rings. The van der Waals surface area contributed by atoms with E-state index in [9.17, 15) is 14.0 Å². The van der Waals surface area contributed by atoms with Crippen LogP contribution in [-0.4, -0.2) is 65.5 Å². The zero-order valence-corrected chi connectivity index (χ0v) is 23.7. The van der Waals surface area contributed by atoms with Crippen molar-refractivity contribution < 1.29 is 18.7 Å². The predicted octanol–water partition coefficient (Wildman–Crippen LogP) is 6.26. The van der Waals surface area contributed by atoms with Gasteiger partial charge in [0.15, 0.2) is 0 Å². The van der Waals surface area contributed by atoms with Crippen molar-refractivity contribution >= 4 is 41.0 Å². The Hall–Kier alpha value is -3.36. The number of halogens is 3. The lowest BCUT2D eigenvalue weighted by atomic mass is 9.93. The molecule has 0 saturated carbocycles. The fourth-order valence-electron chi connectivity index (χ4n) is 5.65. The number of nitrogens with zero attached hydrogens (tertiary/aromatic N) is 4. The van der Waals surface area contributed by atoms with Crippen LogP contribution in [0.15, 0.2) is 66.9 Å². The summed E-state index contributed by atoms with van der Waals surface area (Å²) < 4.78 is 18.9. The topological polar surface area (TPSA) is 66.0 Å². The second-order valence-corrected chi connectivity index (χ2v) is 11.0. The molecular formula is C30H31Cl2FN4O3. The average Bonchev–Trinajstić information content (AvgIpc) is 3.40. The van der Waals surface area contributed by atoms with Gasteiger partial charge in [-0.05, 0) is 73.9 Å². The third kappa shape index (κ3) is 6.34. The molecule has 1 aromatic heterocycles. The summed E-state index contributed by atoms with van der Waals surface area (Å²) in [5.41, 5.74) is 1.00. The van der Waals surface area contributed by atoms with Crippen LogP contribution in [0.5, 0.6) is 5.75 Å². The van der Waals surface area contributed by atoms with Crippen LogP contribution in [0.3, 0.4) is 0 Å². The molecule has 210 valence electrons. The number of rotatable bonds is 6. The number of aromatic nitrogens is 1. The largest absolute Gasteiger partial charge is 0.415 e. The molecule has 3 heterocycles. The van der Waals surface area contributed by atoms with E-state index in [1.54, 1.807) is 11.1 Å². The van der Waals surface area contributed by atoms with Gasteiger partial charge in [0.05, 0.1) is 11.1 Å². The van der Waals surface area contributed by atoms with Gasteiger partial charge >= 0.3 is 6.09 Å². The number of ether oxygens (including phenoxy) is 1. The maximum absolute atomic E-state index is 13.8. The summed E-state index contributed by atoms with van der Waals surface area (Å²) in [6, 6.07) is 16.3. The third-order valence-corrected chi connectivity index (χ3v) is 8.25. The van der Waals surface area contributed by atoms with Crippen molar-refractivity contribution in [1.82, 2.24) is 14.8 Å². The molecule has 0 N–H and O–H groups in total. The van der Waals surface area contributed by atoms with Crippen LogP contribution in [0.1, 0.15) is 31.2 Å². The molecule has 3 aromatic rings. The van der Waals surface area contributed by atoms with Crippen molar-refractivity contribution in [3.05, 3.63) is 88.3 Å². The number of anilines is 1. The van der Waals surface area contributed by atoms with E-state index in [-0.39, 0.29) is 29.5 Å². The first kappa shape index (κ1) is 28.2. The number of pyridine rings is 1. The molecule has 2 aliphatic rings. The van der Waals surface area contributed by atoms with E-state index >= 15 is 0 Å². The lowest BCUT2D eigenvalue weighted by Gasteiger charge is -2.34. The molecule has 2 atom stereocenters. The quantitative estimate of drug-likeness (QED) is 0.342. The molecule has 0 spiro atoms. The van der Waals surface area contributed by atoms with E-state index in [4.69, 9.17) is 27.9 Å². The molecule has 0 unspecified atom stereocenters. The molecule has 7 nitrogen and oxygen atoms in total. The number of benzene rings is 2. The Balaban J connectivity index is 1.30. The summed E-state index contributed by atoms with van der Waals surface area (Å²) in [4.78, 5) is 37.2. The van der Waals surface area contributed by atoms with E-state index in [0.717, 1.165) is 37.3 Å². The smallest absolute Gasteiger partial charge is 0.410 e. The van der Waals surface area contributed by atoms with Crippen molar-refractivity contribution in [3.8, 4) is 5.75 Å². The van der Waals surface area contributed by atoms with Crippen LogP contribution in [0, 0.1) is 11.7 Å². The lowest BCUT2D eigenvalue weighted by Crippen LogP contribution is -2.47.